The van der Waals surface area contributed by atoms with Crippen LogP contribution in [0.4, 0.5) is 0 Å². The van der Waals surface area contributed by atoms with E-state index in [0.29, 0.717) is 73.5 Å². The molecule has 0 aliphatic carbocycles. The minimum atomic E-state index is -0.0996. The Bertz CT molecular complexity index is 890. The zero-order chi connectivity index (χ0) is 22.2. The number of hydrogen-bond donors (Lipinski definition) is 0. The summed E-state index contributed by atoms with van der Waals surface area (Å²) in [5, 5.41) is 0.559. The molecule has 1 heterocycles. The first-order valence-corrected chi connectivity index (χ1v) is 10.6. The Morgan fingerprint density at radius 1 is 0.935 bits per heavy atom. The van der Waals surface area contributed by atoms with Crippen molar-refractivity contribution in [3.8, 4) is 17.2 Å². The summed E-state index contributed by atoms with van der Waals surface area (Å²) in [6.07, 6.45) is 0.998. The molecule has 1 aliphatic heterocycles. The number of hydrogen-bond acceptors (Lipinski definition) is 5. The number of carbonyl (C=O) groups is 2. The maximum atomic E-state index is 12.9. The van der Waals surface area contributed by atoms with Crippen LogP contribution in [0.15, 0.2) is 42.5 Å². The highest BCUT2D eigenvalue weighted by atomic mass is 35.5. The summed E-state index contributed by atoms with van der Waals surface area (Å²) in [7, 11) is 3.10. The molecule has 31 heavy (non-hydrogen) atoms. The van der Waals surface area contributed by atoms with Crippen LogP contribution in [-0.4, -0.2) is 68.6 Å². The molecule has 2 amide bonds. The number of benzene rings is 2. The molecular weight excluding hydrogens is 420 g/mol. The van der Waals surface area contributed by atoms with Crippen molar-refractivity contribution < 1.29 is 23.8 Å². The van der Waals surface area contributed by atoms with Gasteiger partial charge in [0, 0.05) is 44.2 Å². The molecule has 0 radical (unpaired) electrons. The largest absolute Gasteiger partial charge is 0.497 e. The molecule has 0 spiro atoms. The van der Waals surface area contributed by atoms with Crippen molar-refractivity contribution in [2.24, 2.45) is 0 Å². The molecule has 1 aliphatic rings. The van der Waals surface area contributed by atoms with Gasteiger partial charge in [0.2, 0.25) is 5.91 Å². The standard InChI is InChI=1S/C23H27ClN2O5/c1-29-18-14-17(15-19(16-18)30-2)23(28)26-11-9-25(10-12-26)22(27)8-5-13-31-21-7-4-3-6-20(21)24/h3-4,6-7,14-16H,5,8-13H2,1-2H3. The Hall–Kier alpha value is -2.93. The van der Waals surface area contributed by atoms with E-state index in [1.54, 1.807) is 54.4 Å². The Morgan fingerprint density at radius 3 is 2.16 bits per heavy atom. The molecular formula is C23H27ClN2O5. The SMILES string of the molecule is COc1cc(OC)cc(C(=O)N2CCN(C(=O)CCCOc3ccccc3Cl)CC2)c1. The average Bonchev–Trinajstić information content (AvgIpc) is 2.82. The van der Waals surface area contributed by atoms with Crippen LogP contribution in [0, 0.1) is 0 Å². The highest BCUT2D eigenvalue weighted by molar-refractivity contribution is 6.32. The van der Waals surface area contributed by atoms with E-state index in [1.165, 1.54) is 0 Å². The first-order valence-electron chi connectivity index (χ1n) is 10.2. The average molecular weight is 447 g/mol. The van der Waals surface area contributed by atoms with Crippen LogP contribution in [0.5, 0.6) is 17.2 Å². The summed E-state index contributed by atoms with van der Waals surface area (Å²) >= 11 is 6.06. The number of carbonyl (C=O) groups excluding carboxylic acids is 2. The first kappa shape index (κ1) is 22.7. The van der Waals surface area contributed by atoms with Crippen molar-refractivity contribution >= 4 is 23.4 Å². The smallest absolute Gasteiger partial charge is 0.254 e. The summed E-state index contributed by atoms with van der Waals surface area (Å²) in [5.41, 5.74) is 0.507. The predicted octanol–water partition coefficient (Wildman–Crippen LogP) is 3.50. The minimum absolute atomic E-state index is 0.0675. The van der Waals surface area contributed by atoms with Crippen LogP contribution < -0.4 is 14.2 Å². The van der Waals surface area contributed by atoms with E-state index in [0.717, 1.165) is 0 Å². The van der Waals surface area contributed by atoms with E-state index in [9.17, 15) is 9.59 Å². The van der Waals surface area contributed by atoms with Gasteiger partial charge >= 0.3 is 0 Å². The lowest BCUT2D eigenvalue weighted by molar-refractivity contribution is -0.132. The summed E-state index contributed by atoms with van der Waals surface area (Å²) < 4.78 is 16.1. The van der Waals surface area contributed by atoms with E-state index in [4.69, 9.17) is 25.8 Å². The zero-order valence-electron chi connectivity index (χ0n) is 17.8. The Balaban J connectivity index is 1.45. The number of amides is 2. The number of para-hydroxylation sites is 1. The van der Waals surface area contributed by atoms with Gasteiger partial charge in [-0.05, 0) is 30.7 Å². The van der Waals surface area contributed by atoms with Crippen LogP contribution in [0.3, 0.4) is 0 Å². The second-order valence-corrected chi connectivity index (χ2v) is 7.56. The van der Waals surface area contributed by atoms with Crippen molar-refractivity contribution in [1.29, 1.82) is 0 Å². The molecule has 2 aromatic carbocycles. The topological polar surface area (TPSA) is 68.3 Å². The van der Waals surface area contributed by atoms with Crippen LogP contribution >= 0.6 is 11.6 Å². The molecule has 1 saturated heterocycles. The monoisotopic (exact) mass is 446 g/mol. The molecule has 0 aromatic heterocycles. The third-order valence-electron chi connectivity index (χ3n) is 5.15. The lowest BCUT2D eigenvalue weighted by atomic mass is 10.1. The molecule has 8 heteroatoms. The lowest BCUT2D eigenvalue weighted by Crippen LogP contribution is -2.50. The van der Waals surface area contributed by atoms with Gasteiger partial charge < -0.3 is 24.0 Å². The highest BCUT2D eigenvalue weighted by Crippen LogP contribution is 2.24. The van der Waals surface area contributed by atoms with Gasteiger partial charge in [0.05, 0.1) is 25.8 Å². The van der Waals surface area contributed by atoms with Gasteiger partial charge in [-0.15, -0.1) is 0 Å². The van der Waals surface area contributed by atoms with Crippen molar-refractivity contribution in [3.63, 3.8) is 0 Å². The Kier molecular flexibility index (Phi) is 8.00. The number of rotatable bonds is 8. The van der Waals surface area contributed by atoms with Crippen LogP contribution in [0.25, 0.3) is 0 Å². The van der Waals surface area contributed by atoms with Gasteiger partial charge in [-0.3, -0.25) is 9.59 Å². The van der Waals surface area contributed by atoms with Crippen LogP contribution in [-0.2, 0) is 4.79 Å². The van der Waals surface area contributed by atoms with E-state index in [2.05, 4.69) is 0 Å². The third kappa shape index (κ3) is 6.04. The lowest BCUT2D eigenvalue weighted by Gasteiger charge is -2.35. The molecule has 0 saturated carbocycles. The van der Waals surface area contributed by atoms with Gasteiger partial charge in [-0.1, -0.05) is 23.7 Å². The third-order valence-corrected chi connectivity index (χ3v) is 5.46. The first-order chi connectivity index (χ1) is 15.0. The normalized spacial score (nSPS) is 13.6. The minimum Gasteiger partial charge on any atom is -0.497 e. The number of ether oxygens (including phenoxy) is 3. The fourth-order valence-electron chi connectivity index (χ4n) is 3.40. The fraction of sp³-hybridized carbons (Fsp3) is 0.391. The van der Waals surface area contributed by atoms with Crippen molar-refractivity contribution in [2.75, 3.05) is 47.0 Å². The summed E-state index contributed by atoms with van der Waals surface area (Å²) in [6.45, 7) is 2.42. The van der Waals surface area contributed by atoms with E-state index < -0.39 is 0 Å². The van der Waals surface area contributed by atoms with Gasteiger partial charge in [0.15, 0.2) is 0 Å². The van der Waals surface area contributed by atoms with Crippen molar-refractivity contribution in [1.82, 2.24) is 9.80 Å². The van der Waals surface area contributed by atoms with Crippen LogP contribution in [0.2, 0.25) is 5.02 Å². The number of halogens is 1. The second-order valence-electron chi connectivity index (χ2n) is 7.16. The van der Waals surface area contributed by atoms with Crippen molar-refractivity contribution in [3.05, 3.63) is 53.1 Å². The molecule has 7 nitrogen and oxygen atoms in total. The predicted molar refractivity (Wildman–Crippen MR) is 118 cm³/mol. The molecule has 2 aromatic rings. The van der Waals surface area contributed by atoms with Crippen molar-refractivity contribution in [2.45, 2.75) is 12.8 Å². The van der Waals surface area contributed by atoms with Gasteiger partial charge in [0.25, 0.3) is 5.91 Å². The summed E-state index contributed by atoms with van der Waals surface area (Å²) in [5.74, 6) is 1.72. The van der Waals surface area contributed by atoms with E-state index in [1.807, 2.05) is 12.1 Å². The summed E-state index contributed by atoms with van der Waals surface area (Å²) in [6, 6.07) is 12.4. The summed E-state index contributed by atoms with van der Waals surface area (Å²) in [4.78, 5) is 28.9. The zero-order valence-corrected chi connectivity index (χ0v) is 18.6. The molecule has 3 rings (SSSR count). The molecule has 0 bridgehead atoms. The molecule has 0 N–H and O–H groups in total. The second kappa shape index (κ2) is 10.9. The Labute approximate surface area is 187 Å². The van der Waals surface area contributed by atoms with E-state index >= 15 is 0 Å². The van der Waals surface area contributed by atoms with Crippen LogP contribution in [0.1, 0.15) is 23.2 Å². The number of piperazine rings is 1. The maximum absolute atomic E-state index is 12.9. The van der Waals surface area contributed by atoms with Gasteiger partial charge in [0.1, 0.15) is 17.2 Å². The highest BCUT2D eigenvalue weighted by Gasteiger charge is 2.25. The molecule has 1 fully saturated rings. The molecule has 0 atom stereocenters. The quantitative estimate of drug-likeness (QED) is 0.580. The molecule has 0 unspecified atom stereocenters. The van der Waals surface area contributed by atoms with E-state index in [-0.39, 0.29) is 11.8 Å². The Morgan fingerprint density at radius 2 is 1.55 bits per heavy atom. The maximum Gasteiger partial charge on any atom is 0.254 e. The fourth-order valence-corrected chi connectivity index (χ4v) is 3.59. The number of nitrogens with zero attached hydrogens (tertiary/aromatic N) is 2. The number of methoxy groups -OCH3 is 2. The molecule has 166 valence electrons. The van der Waals surface area contributed by atoms with Gasteiger partial charge in [-0.25, -0.2) is 0 Å². The van der Waals surface area contributed by atoms with Gasteiger partial charge in [-0.2, -0.15) is 0 Å².